The number of aromatic nitrogens is 1. The first-order chi connectivity index (χ1) is 14.3. The second kappa shape index (κ2) is 9.34. The maximum atomic E-state index is 12.8. The zero-order valence-electron chi connectivity index (χ0n) is 17.4. The fourth-order valence-corrected chi connectivity index (χ4v) is 3.56. The molecule has 30 heavy (non-hydrogen) atoms. The van der Waals surface area contributed by atoms with Crippen molar-refractivity contribution in [3.8, 4) is 5.69 Å². The van der Waals surface area contributed by atoms with Crippen LogP contribution < -0.4 is 5.43 Å². The van der Waals surface area contributed by atoms with Crippen molar-refractivity contribution < 1.29 is 13.2 Å². The first-order valence-electron chi connectivity index (χ1n) is 9.81. The molecule has 6 nitrogen and oxygen atoms in total. The molecule has 1 fully saturated rings. The number of hydrogen-bond donors (Lipinski definition) is 1. The fourth-order valence-electron chi connectivity index (χ4n) is 3.56. The number of likely N-dealkylation sites (tertiary alicyclic amines) is 1. The van der Waals surface area contributed by atoms with Gasteiger partial charge < -0.3 is 9.47 Å². The molecule has 3 rings (SSSR count). The number of halogens is 3. The number of hydrazone groups is 1. The van der Waals surface area contributed by atoms with E-state index in [9.17, 15) is 13.2 Å². The van der Waals surface area contributed by atoms with Gasteiger partial charge in [-0.1, -0.05) is 0 Å². The van der Waals surface area contributed by atoms with Crippen molar-refractivity contribution in [1.82, 2.24) is 19.8 Å². The minimum absolute atomic E-state index is 0.189. The van der Waals surface area contributed by atoms with E-state index in [0.717, 1.165) is 37.2 Å². The Labute approximate surface area is 174 Å². The van der Waals surface area contributed by atoms with Gasteiger partial charge in [-0.15, -0.1) is 0 Å². The van der Waals surface area contributed by atoms with E-state index in [1.807, 2.05) is 48.1 Å². The van der Waals surface area contributed by atoms with Crippen molar-refractivity contribution in [1.29, 1.82) is 0 Å². The van der Waals surface area contributed by atoms with Gasteiger partial charge in [0.05, 0.1) is 5.56 Å². The van der Waals surface area contributed by atoms with Gasteiger partial charge in [-0.3, -0.25) is 9.89 Å². The molecule has 9 heteroatoms. The lowest BCUT2D eigenvalue weighted by molar-refractivity contribution is -0.137. The van der Waals surface area contributed by atoms with Gasteiger partial charge in [0, 0.05) is 57.5 Å². The Bertz CT molecular complexity index is 883. The van der Waals surface area contributed by atoms with Crippen LogP contribution in [-0.4, -0.2) is 60.3 Å². The predicted molar refractivity (Wildman–Crippen MR) is 113 cm³/mol. The molecule has 0 amide bonds. The van der Waals surface area contributed by atoms with Crippen molar-refractivity contribution in [2.75, 3.05) is 27.7 Å². The Kier molecular flexibility index (Phi) is 6.81. The summed E-state index contributed by atoms with van der Waals surface area (Å²) < 4.78 is 40.4. The maximum absolute atomic E-state index is 12.8. The molecule has 0 saturated carbocycles. The number of nitrogens with one attached hydrogen (secondary N) is 1. The Balaban J connectivity index is 1.69. The molecular formula is C21H27F3N6. The molecule has 1 N–H and O–H groups in total. The second-order valence-electron chi connectivity index (χ2n) is 7.43. The lowest BCUT2D eigenvalue weighted by Gasteiger charge is -2.22. The highest BCUT2D eigenvalue weighted by molar-refractivity contribution is 5.80. The lowest BCUT2D eigenvalue weighted by atomic mass is 10.2. The minimum atomic E-state index is -4.33. The predicted octanol–water partition coefficient (Wildman–Crippen LogP) is 3.58. The first-order valence-corrected chi connectivity index (χ1v) is 9.81. The smallest absolute Gasteiger partial charge is 0.348 e. The highest BCUT2D eigenvalue weighted by Crippen LogP contribution is 2.30. The minimum Gasteiger partial charge on any atom is -0.348 e. The number of aliphatic imine (C=N–C) groups is 1. The summed E-state index contributed by atoms with van der Waals surface area (Å²) >= 11 is 0. The number of alkyl halides is 3. The average molecular weight is 420 g/mol. The SMILES string of the molecule is CN=C(N/N=C/C1CCCN1Cc1cccn1-c1ccc(C(F)(F)F)cc1)N(C)C. The summed E-state index contributed by atoms with van der Waals surface area (Å²) in [5.41, 5.74) is 4.04. The molecule has 0 radical (unpaired) electrons. The summed E-state index contributed by atoms with van der Waals surface area (Å²) in [5, 5.41) is 4.34. The zero-order chi connectivity index (χ0) is 21.7. The van der Waals surface area contributed by atoms with Crippen LogP contribution in [0.5, 0.6) is 0 Å². The van der Waals surface area contributed by atoms with Gasteiger partial charge in [-0.25, -0.2) is 5.43 Å². The summed E-state index contributed by atoms with van der Waals surface area (Å²) in [4.78, 5) is 8.30. The third kappa shape index (κ3) is 5.21. The Hall–Kier alpha value is -2.81. The average Bonchev–Trinajstić information content (AvgIpc) is 3.34. The van der Waals surface area contributed by atoms with Crippen molar-refractivity contribution in [3.63, 3.8) is 0 Å². The van der Waals surface area contributed by atoms with E-state index in [0.29, 0.717) is 18.2 Å². The van der Waals surface area contributed by atoms with Crippen LogP contribution in [0.3, 0.4) is 0 Å². The molecule has 1 unspecified atom stereocenters. The maximum Gasteiger partial charge on any atom is 0.416 e. The van der Waals surface area contributed by atoms with Gasteiger partial charge in [0.2, 0.25) is 5.96 Å². The highest BCUT2D eigenvalue weighted by atomic mass is 19.4. The van der Waals surface area contributed by atoms with E-state index in [2.05, 4.69) is 20.4 Å². The van der Waals surface area contributed by atoms with Crippen LogP contribution in [0.1, 0.15) is 24.1 Å². The molecule has 0 bridgehead atoms. The number of guanidine groups is 1. The second-order valence-corrected chi connectivity index (χ2v) is 7.43. The van der Waals surface area contributed by atoms with E-state index in [4.69, 9.17) is 0 Å². The molecule has 1 aromatic carbocycles. The molecule has 0 aliphatic carbocycles. The molecule has 0 spiro atoms. The molecule has 2 heterocycles. The Morgan fingerprint density at radius 3 is 2.60 bits per heavy atom. The summed E-state index contributed by atoms with van der Waals surface area (Å²) in [7, 11) is 5.49. The van der Waals surface area contributed by atoms with Gasteiger partial charge in [0.15, 0.2) is 0 Å². The lowest BCUT2D eigenvalue weighted by Crippen LogP contribution is -2.35. The summed E-state index contributed by atoms with van der Waals surface area (Å²) in [6.07, 6.45) is 1.52. The van der Waals surface area contributed by atoms with Crippen LogP contribution in [0.2, 0.25) is 0 Å². The third-order valence-electron chi connectivity index (χ3n) is 5.13. The van der Waals surface area contributed by atoms with E-state index >= 15 is 0 Å². The van der Waals surface area contributed by atoms with Gasteiger partial charge in [0.25, 0.3) is 0 Å². The molecular weight excluding hydrogens is 393 g/mol. The highest BCUT2D eigenvalue weighted by Gasteiger charge is 2.30. The number of hydrogen-bond acceptors (Lipinski definition) is 3. The van der Waals surface area contributed by atoms with Crippen molar-refractivity contribution >= 4 is 12.2 Å². The standard InChI is InChI=1S/C21H27F3N6/c1-25-20(28(2)3)27-26-14-18-6-4-12-29(18)15-19-7-5-13-30(19)17-10-8-16(9-11-17)21(22,23)24/h5,7-11,13-14,18H,4,6,12,15H2,1-3H3,(H,25,27)/b26-14+. The molecule has 162 valence electrons. The number of rotatable bonds is 5. The topological polar surface area (TPSA) is 48.2 Å². The van der Waals surface area contributed by atoms with Crippen LogP contribution in [-0.2, 0) is 12.7 Å². The quantitative estimate of drug-likeness (QED) is 0.457. The largest absolute Gasteiger partial charge is 0.416 e. The van der Waals surface area contributed by atoms with Crippen molar-refractivity contribution in [2.24, 2.45) is 10.1 Å². The third-order valence-corrected chi connectivity index (χ3v) is 5.13. The summed E-state index contributed by atoms with van der Waals surface area (Å²) in [6, 6.07) is 9.35. The van der Waals surface area contributed by atoms with Crippen molar-refractivity contribution in [2.45, 2.75) is 31.6 Å². The van der Waals surface area contributed by atoms with Crippen molar-refractivity contribution in [3.05, 3.63) is 53.9 Å². The van der Waals surface area contributed by atoms with Crippen LogP contribution in [0.15, 0.2) is 52.7 Å². The summed E-state index contributed by atoms with van der Waals surface area (Å²) in [5.74, 6) is 0.673. The molecule has 1 aliphatic heterocycles. The van der Waals surface area contributed by atoms with Crippen LogP contribution in [0.4, 0.5) is 13.2 Å². The molecule has 1 aliphatic rings. The van der Waals surface area contributed by atoms with Gasteiger partial charge >= 0.3 is 6.18 Å². The Morgan fingerprint density at radius 2 is 1.97 bits per heavy atom. The van der Waals surface area contributed by atoms with Gasteiger partial charge in [-0.2, -0.15) is 18.3 Å². The molecule has 1 saturated heterocycles. The van der Waals surface area contributed by atoms with E-state index in [1.165, 1.54) is 12.1 Å². The van der Waals surface area contributed by atoms with E-state index in [-0.39, 0.29) is 6.04 Å². The zero-order valence-corrected chi connectivity index (χ0v) is 17.4. The van der Waals surface area contributed by atoms with Gasteiger partial charge in [-0.05, 0) is 55.8 Å². The van der Waals surface area contributed by atoms with Gasteiger partial charge in [0.1, 0.15) is 0 Å². The summed E-state index contributed by atoms with van der Waals surface area (Å²) in [6.45, 7) is 1.63. The number of nitrogens with zero attached hydrogens (tertiary/aromatic N) is 5. The fraction of sp³-hybridized carbons (Fsp3) is 0.429. The Morgan fingerprint density at radius 1 is 1.23 bits per heavy atom. The number of benzene rings is 1. The van der Waals surface area contributed by atoms with Crippen LogP contribution in [0.25, 0.3) is 5.69 Å². The molecule has 1 atom stereocenters. The van der Waals surface area contributed by atoms with Crippen LogP contribution >= 0.6 is 0 Å². The normalized spacial score (nSPS) is 18.3. The van der Waals surface area contributed by atoms with E-state index < -0.39 is 11.7 Å². The molecule has 1 aromatic heterocycles. The molecule has 2 aromatic rings. The first kappa shape index (κ1) is 21.9. The monoisotopic (exact) mass is 420 g/mol. The van der Waals surface area contributed by atoms with E-state index in [1.54, 1.807) is 7.05 Å². The van der Waals surface area contributed by atoms with Crippen LogP contribution in [0, 0.1) is 0 Å².